The summed E-state index contributed by atoms with van der Waals surface area (Å²) in [6.45, 7) is 1.87. The number of benzene rings is 3. The average Bonchev–Trinajstić information content (AvgIpc) is 2.76. The largest absolute Gasteiger partial charge is 0.460 e. The average molecular weight is 421 g/mol. The molecule has 0 spiro atoms. The smallest absolute Gasteiger partial charge is 0.375 e. The SMILES string of the molecule is CCOC(=O)c1nc2ccccc2c(=O)n1-c1ccc(Oc2ccc(Cl)cc2)cc1. The molecule has 0 radical (unpaired) electrons. The summed E-state index contributed by atoms with van der Waals surface area (Å²) in [7, 11) is 0. The molecule has 0 amide bonds. The van der Waals surface area contributed by atoms with E-state index in [1.165, 1.54) is 4.57 Å². The number of carbonyl (C=O) groups is 1. The Morgan fingerprint density at radius 2 is 1.60 bits per heavy atom. The maximum atomic E-state index is 13.1. The Bertz CT molecular complexity index is 1270. The number of hydrogen-bond donors (Lipinski definition) is 0. The molecule has 1 aromatic heterocycles. The lowest BCUT2D eigenvalue weighted by Gasteiger charge is -2.13. The molecule has 4 rings (SSSR count). The summed E-state index contributed by atoms with van der Waals surface area (Å²) in [4.78, 5) is 30.0. The number of ether oxygens (including phenoxy) is 2. The Balaban J connectivity index is 1.77. The summed E-state index contributed by atoms with van der Waals surface area (Å²) in [5.41, 5.74) is 0.560. The van der Waals surface area contributed by atoms with Gasteiger partial charge in [-0.05, 0) is 67.6 Å². The van der Waals surface area contributed by atoms with Crippen molar-refractivity contribution in [1.29, 1.82) is 0 Å². The van der Waals surface area contributed by atoms with Crippen molar-refractivity contribution in [3.8, 4) is 17.2 Å². The molecule has 150 valence electrons. The van der Waals surface area contributed by atoms with Gasteiger partial charge in [0.1, 0.15) is 11.5 Å². The predicted octanol–water partition coefficient (Wildman–Crippen LogP) is 5.01. The summed E-state index contributed by atoms with van der Waals surface area (Å²) in [5.74, 6) is 0.457. The van der Waals surface area contributed by atoms with E-state index in [4.69, 9.17) is 21.1 Å². The third kappa shape index (κ3) is 3.90. The summed E-state index contributed by atoms with van der Waals surface area (Å²) >= 11 is 5.89. The van der Waals surface area contributed by atoms with Crippen LogP contribution in [0.25, 0.3) is 16.6 Å². The van der Waals surface area contributed by atoms with Crippen LogP contribution >= 0.6 is 11.6 Å². The molecule has 0 bridgehead atoms. The zero-order valence-electron chi connectivity index (χ0n) is 16.0. The highest BCUT2D eigenvalue weighted by atomic mass is 35.5. The zero-order chi connectivity index (χ0) is 21.1. The van der Waals surface area contributed by atoms with Crippen molar-refractivity contribution >= 4 is 28.5 Å². The van der Waals surface area contributed by atoms with Crippen molar-refractivity contribution < 1.29 is 14.3 Å². The second-order valence-corrected chi connectivity index (χ2v) is 6.80. The van der Waals surface area contributed by atoms with Gasteiger partial charge in [-0.1, -0.05) is 23.7 Å². The number of halogens is 1. The summed E-state index contributed by atoms with van der Waals surface area (Å²) < 4.78 is 12.2. The Kier molecular flexibility index (Phi) is 5.50. The lowest BCUT2D eigenvalue weighted by Crippen LogP contribution is -2.27. The Morgan fingerprint density at radius 3 is 2.27 bits per heavy atom. The molecular weight excluding hydrogens is 404 g/mol. The molecule has 1 heterocycles. The Morgan fingerprint density at radius 1 is 0.967 bits per heavy atom. The van der Waals surface area contributed by atoms with Crippen molar-refractivity contribution in [2.45, 2.75) is 6.92 Å². The monoisotopic (exact) mass is 420 g/mol. The highest BCUT2D eigenvalue weighted by Gasteiger charge is 2.19. The second-order valence-electron chi connectivity index (χ2n) is 6.36. The van der Waals surface area contributed by atoms with E-state index >= 15 is 0 Å². The van der Waals surface area contributed by atoms with E-state index in [1.54, 1.807) is 79.7 Å². The van der Waals surface area contributed by atoms with Gasteiger partial charge in [-0.2, -0.15) is 0 Å². The molecule has 0 aliphatic heterocycles. The van der Waals surface area contributed by atoms with E-state index in [0.29, 0.717) is 33.1 Å². The van der Waals surface area contributed by atoms with Crippen LogP contribution in [-0.2, 0) is 4.74 Å². The van der Waals surface area contributed by atoms with Crippen molar-refractivity contribution in [2.75, 3.05) is 6.61 Å². The first-order chi connectivity index (χ1) is 14.6. The van der Waals surface area contributed by atoms with Crippen LogP contribution in [0.5, 0.6) is 11.5 Å². The maximum Gasteiger partial charge on any atom is 0.375 e. The normalized spacial score (nSPS) is 10.7. The minimum atomic E-state index is -0.665. The number of carbonyl (C=O) groups excluding carboxylic acids is 1. The zero-order valence-corrected chi connectivity index (χ0v) is 16.8. The maximum absolute atomic E-state index is 13.1. The number of aromatic nitrogens is 2. The number of esters is 1. The highest BCUT2D eigenvalue weighted by molar-refractivity contribution is 6.30. The van der Waals surface area contributed by atoms with E-state index in [-0.39, 0.29) is 18.0 Å². The quantitative estimate of drug-likeness (QED) is 0.424. The first-order valence-electron chi connectivity index (χ1n) is 9.29. The van der Waals surface area contributed by atoms with Crippen LogP contribution < -0.4 is 10.3 Å². The second kappa shape index (κ2) is 8.39. The van der Waals surface area contributed by atoms with E-state index in [9.17, 15) is 9.59 Å². The van der Waals surface area contributed by atoms with Crippen molar-refractivity contribution in [3.63, 3.8) is 0 Å². The van der Waals surface area contributed by atoms with E-state index < -0.39 is 5.97 Å². The summed E-state index contributed by atoms with van der Waals surface area (Å²) in [6.07, 6.45) is 0. The molecule has 0 atom stereocenters. The van der Waals surface area contributed by atoms with E-state index in [1.807, 2.05) is 0 Å². The van der Waals surface area contributed by atoms with Crippen LogP contribution in [0, 0.1) is 0 Å². The first kappa shape index (κ1) is 19.7. The fraction of sp³-hybridized carbons (Fsp3) is 0.0870. The van der Waals surface area contributed by atoms with Gasteiger partial charge in [0.05, 0.1) is 23.2 Å². The lowest BCUT2D eigenvalue weighted by atomic mass is 10.2. The van der Waals surface area contributed by atoms with Gasteiger partial charge in [-0.25, -0.2) is 9.78 Å². The Labute approximate surface area is 177 Å². The minimum Gasteiger partial charge on any atom is -0.460 e. The Hall–Kier alpha value is -3.64. The van der Waals surface area contributed by atoms with E-state index in [0.717, 1.165) is 0 Å². The number of nitrogens with zero attached hydrogens (tertiary/aromatic N) is 2. The van der Waals surface area contributed by atoms with Gasteiger partial charge in [0.25, 0.3) is 5.56 Å². The van der Waals surface area contributed by atoms with Crippen LogP contribution in [-0.4, -0.2) is 22.1 Å². The minimum absolute atomic E-state index is 0.0769. The van der Waals surface area contributed by atoms with E-state index in [2.05, 4.69) is 4.98 Å². The standard InChI is InChI=1S/C23H17ClN2O4/c1-2-29-23(28)21-25-20-6-4-3-5-19(20)22(27)26(21)16-9-13-18(14-10-16)30-17-11-7-15(24)8-12-17/h3-14H,2H2,1H3. The van der Waals surface area contributed by atoms with Gasteiger partial charge in [-0.3, -0.25) is 9.36 Å². The molecular formula is C23H17ClN2O4. The molecule has 3 aromatic carbocycles. The van der Waals surface area contributed by atoms with Crippen molar-refractivity contribution in [3.05, 3.63) is 94.0 Å². The molecule has 0 saturated carbocycles. The van der Waals surface area contributed by atoms with Crippen LogP contribution in [0.1, 0.15) is 17.5 Å². The molecule has 30 heavy (non-hydrogen) atoms. The van der Waals surface area contributed by atoms with Gasteiger partial charge in [0.2, 0.25) is 5.82 Å². The van der Waals surface area contributed by atoms with Gasteiger partial charge in [0.15, 0.2) is 0 Å². The molecule has 6 nitrogen and oxygen atoms in total. The fourth-order valence-corrected chi connectivity index (χ4v) is 3.13. The first-order valence-corrected chi connectivity index (χ1v) is 9.67. The summed E-state index contributed by atoms with van der Waals surface area (Å²) in [6, 6.07) is 20.6. The molecule has 0 aliphatic rings. The fourth-order valence-electron chi connectivity index (χ4n) is 3.01. The van der Waals surface area contributed by atoms with Gasteiger partial charge >= 0.3 is 5.97 Å². The molecule has 0 unspecified atom stereocenters. The molecule has 4 aromatic rings. The molecule has 0 aliphatic carbocycles. The number of rotatable bonds is 5. The molecule has 7 heteroatoms. The van der Waals surface area contributed by atoms with Gasteiger partial charge < -0.3 is 9.47 Å². The number of para-hydroxylation sites is 1. The van der Waals surface area contributed by atoms with Crippen LogP contribution in [0.4, 0.5) is 0 Å². The van der Waals surface area contributed by atoms with Gasteiger partial charge in [0, 0.05) is 5.02 Å². The molecule has 0 N–H and O–H groups in total. The van der Waals surface area contributed by atoms with Crippen LogP contribution in [0.15, 0.2) is 77.6 Å². The number of hydrogen-bond acceptors (Lipinski definition) is 5. The van der Waals surface area contributed by atoms with Crippen LogP contribution in [0.2, 0.25) is 5.02 Å². The van der Waals surface area contributed by atoms with Gasteiger partial charge in [-0.15, -0.1) is 0 Å². The van der Waals surface area contributed by atoms with Crippen LogP contribution in [0.3, 0.4) is 0 Å². The summed E-state index contributed by atoms with van der Waals surface area (Å²) in [5, 5.41) is 1.03. The third-order valence-corrected chi connectivity index (χ3v) is 4.63. The molecule has 0 fully saturated rings. The topological polar surface area (TPSA) is 70.4 Å². The lowest BCUT2D eigenvalue weighted by molar-refractivity contribution is 0.0508. The third-order valence-electron chi connectivity index (χ3n) is 4.38. The molecule has 0 saturated heterocycles. The van der Waals surface area contributed by atoms with Crippen molar-refractivity contribution in [2.24, 2.45) is 0 Å². The predicted molar refractivity (Wildman–Crippen MR) is 115 cm³/mol. The highest BCUT2D eigenvalue weighted by Crippen LogP contribution is 2.24. The van der Waals surface area contributed by atoms with Crippen molar-refractivity contribution in [1.82, 2.24) is 9.55 Å². The number of fused-ring (bicyclic) bond motifs is 1.